The zero-order chi connectivity index (χ0) is 13.8. The summed E-state index contributed by atoms with van der Waals surface area (Å²) in [5.41, 5.74) is 8.88. The molecular formula is C16H17F2N. The monoisotopic (exact) mass is 261 g/mol. The molecule has 0 fully saturated rings. The molecule has 19 heavy (non-hydrogen) atoms. The Hall–Kier alpha value is -1.74. The Morgan fingerprint density at radius 3 is 2.42 bits per heavy atom. The number of aryl methyl sites for hydroxylation is 1. The summed E-state index contributed by atoms with van der Waals surface area (Å²) in [7, 11) is 0. The number of hydrogen-bond donors (Lipinski definition) is 1. The van der Waals surface area contributed by atoms with Gasteiger partial charge in [0.25, 0.3) is 0 Å². The van der Waals surface area contributed by atoms with Crippen LogP contribution in [0.2, 0.25) is 0 Å². The summed E-state index contributed by atoms with van der Waals surface area (Å²) in [6, 6.07) is 12.0. The summed E-state index contributed by atoms with van der Waals surface area (Å²) in [4.78, 5) is 0. The van der Waals surface area contributed by atoms with Crippen molar-refractivity contribution in [2.24, 2.45) is 5.73 Å². The standard InChI is InChI=1S/C16H17F2N/c1-11-4-2-3-5-12(11)8-14(10-19)13-6-7-15(17)16(18)9-13/h2-7,9,14H,8,10,19H2,1H3. The molecule has 0 saturated carbocycles. The van der Waals surface area contributed by atoms with Gasteiger partial charge in [0.2, 0.25) is 0 Å². The maximum atomic E-state index is 13.3. The molecule has 0 bridgehead atoms. The first-order valence-corrected chi connectivity index (χ1v) is 6.31. The lowest BCUT2D eigenvalue weighted by atomic mass is 9.90. The van der Waals surface area contributed by atoms with Crippen molar-refractivity contribution in [3.05, 3.63) is 70.8 Å². The van der Waals surface area contributed by atoms with E-state index in [0.717, 1.165) is 18.1 Å². The third-order valence-electron chi connectivity index (χ3n) is 3.43. The summed E-state index contributed by atoms with van der Waals surface area (Å²) in [5, 5.41) is 0. The van der Waals surface area contributed by atoms with E-state index in [9.17, 15) is 8.78 Å². The molecule has 3 heteroatoms. The molecule has 0 aromatic heterocycles. The molecule has 2 aromatic carbocycles. The molecule has 0 aliphatic heterocycles. The van der Waals surface area contributed by atoms with E-state index in [1.807, 2.05) is 31.2 Å². The van der Waals surface area contributed by atoms with Gasteiger partial charge in [-0.15, -0.1) is 0 Å². The fourth-order valence-electron chi connectivity index (χ4n) is 2.21. The molecule has 0 saturated heterocycles. The number of halogens is 2. The normalized spacial score (nSPS) is 12.4. The lowest BCUT2D eigenvalue weighted by Crippen LogP contribution is -2.16. The van der Waals surface area contributed by atoms with Gasteiger partial charge in [0, 0.05) is 5.92 Å². The van der Waals surface area contributed by atoms with Gasteiger partial charge >= 0.3 is 0 Å². The summed E-state index contributed by atoms with van der Waals surface area (Å²) in [6.45, 7) is 2.44. The quantitative estimate of drug-likeness (QED) is 0.894. The molecule has 2 N–H and O–H groups in total. The zero-order valence-electron chi connectivity index (χ0n) is 10.9. The highest BCUT2D eigenvalue weighted by Crippen LogP contribution is 2.23. The average Bonchev–Trinajstić information content (AvgIpc) is 2.41. The molecule has 1 nitrogen and oxygen atoms in total. The predicted octanol–water partition coefficient (Wildman–Crippen LogP) is 3.56. The van der Waals surface area contributed by atoms with Crippen LogP contribution in [0.5, 0.6) is 0 Å². The first kappa shape index (κ1) is 13.7. The molecule has 0 heterocycles. The van der Waals surface area contributed by atoms with Crippen molar-refractivity contribution in [3.63, 3.8) is 0 Å². The van der Waals surface area contributed by atoms with Crippen LogP contribution in [0.25, 0.3) is 0 Å². The lowest BCUT2D eigenvalue weighted by Gasteiger charge is -2.17. The second-order valence-electron chi connectivity index (χ2n) is 4.74. The van der Waals surface area contributed by atoms with Gasteiger partial charge in [-0.1, -0.05) is 30.3 Å². The van der Waals surface area contributed by atoms with Crippen molar-refractivity contribution in [3.8, 4) is 0 Å². The average molecular weight is 261 g/mol. The molecule has 0 aliphatic carbocycles. The fraction of sp³-hybridized carbons (Fsp3) is 0.250. The Morgan fingerprint density at radius 1 is 1.05 bits per heavy atom. The van der Waals surface area contributed by atoms with Gasteiger partial charge in [0.15, 0.2) is 11.6 Å². The van der Waals surface area contributed by atoms with Gasteiger partial charge < -0.3 is 5.73 Å². The van der Waals surface area contributed by atoms with Crippen molar-refractivity contribution in [1.29, 1.82) is 0 Å². The highest BCUT2D eigenvalue weighted by atomic mass is 19.2. The van der Waals surface area contributed by atoms with Crippen molar-refractivity contribution >= 4 is 0 Å². The Balaban J connectivity index is 2.25. The van der Waals surface area contributed by atoms with Gasteiger partial charge in [-0.25, -0.2) is 8.78 Å². The summed E-state index contributed by atoms with van der Waals surface area (Å²) in [5.74, 6) is -1.65. The third kappa shape index (κ3) is 3.18. The van der Waals surface area contributed by atoms with E-state index in [1.165, 1.54) is 17.2 Å². The van der Waals surface area contributed by atoms with Gasteiger partial charge in [-0.05, 0) is 48.7 Å². The zero-order valence-corrected chi connectivity index (χ0v) is 10.9. The van der Waals surface area contributed by atoms with Gasteiger partial charge in [0.05, 0.1) is 0 Å². The van der Waals surface area contributed by atoms with E-state index in [0.29, 0.717) is 6.54 Å². The first-order valence-electron chi connectivity index (χ1n) is 6.31. The highest BCUT2D eigenvalue weighted by Gasteiger charge is 2.14. The van der Waals surface area contributed by atoms with E-state index in [-0.39, 0.29) is 5.92 Å². The minimum atomic E-state index is -0.824. The molecule has 0 amide bonds. The van der Waals surface area contributed by atoms with E-state index in [2.05, 4.69) is 0 Å². The SMILES string of the molecule is Cc1ccccc1CC(CN)c1ccc(F)c(F)c1. The van der Waals surface area contributed by atoms with Crippen LogP contribution in [0, 0.1) is 18.6 Å². The molecular weight excluding hydrogens is 244 g/mol. The second kappa shape index (κ2) is 5.93. The molecule has 2 aromatic rings. The van der Waals surface area contributed by atoms with Crippen molar-refractivity contribution in [1.82, 2.24) is 0 Å². The van der Waals surface area contributed by atoms with Crippen LogP contribution in [0.3, 0.4) is 0 Å². The Kier molecular flexibility index (Phi) is 4.27. The van der Waals surface area contributed by atoms with Crippen LogP contribution in [0.1, 0.15) is 22.6 Å². The first-order chi connectivity index (χ1) is 9.11. The Morgan fingerprint density at radius 2 is 1.79 bits per heavy atom. The largest absolute Gasteiger partial charge is 0.330 e. The van der Waals surface area contributed by atoms with Crippen LogP contribution < -0.4 is 5.73 Å². The van der Waals surface area contributed by atoms with E-state index >= 15 is 0 Å². The van der Waals surface area contributed by atoms with Crippen molar-refractivity contribution in [2.45, 2.75) is 19.3 Å². The van der Waals surface area contributed by atoms with Crippen molar-refractivity contribution < 1.29 is 8.78 Å². The molecule has 0 aliphatic rings. The summed E-state index contributed by atoms with van der Waals surface area (Å²) in [6.07, 6.45) is 0.730. The van der Waals surface area contributed by atoms with Crippen LogP contribution in [-0.2, 0) is 6.42 Å². The fourth-order valence-corrected chi connectivity index (χ4v) is 2.21. The number of nitrogens with two attached hydrogens (primary N) is 1. The smallest absolute Gasteiger partial charge is 0.159 e. The van der Waals surface area contributed by atoms with Crippen LogP contribution >= 0.6 is 0 Å². The molecule has 2 rings (SSSR count). The minimum absolute atomic E-state index is 0.00352. The van der Waals surface area contributed by atoms with Crippen LogP contribution in [0.15, 0.2) is 42.5 Å². The van der Waals surface area contributed by atoms with E-state index in [1.54, 1.807) is 6.07 Å². The summed E-state index contributed by atoms with van der Waals surface area (Å²) < 4.78 is 26.2. The third-order valence-corrected chi connectivity index (χ3v) is 3.43. The van der Waals surface area contributed by atoms with Crippen LogP contribution in [-0.4, -0.2) is 6.54 Å². The van der Waals surface area contributed by atoms with E-state index < -0.39 is 11.6 Å². The molecule has 1 unspecified atom stereocenters. The molecule has 0 spiro atoms. The van der Waals surface area contributed by atoms with Gasteiger partial charge in [-0.3, -0.25) is 0 Å². The topological polar surface area (TPSA) is 26.0 Å². The second-order valence-corrected chi connectivity index (χ2v) is 4.74. The molecule has 0 radical (unpaired) electrons. The van der Waals surface area contributed by atoms with Crippen LogP contribution in [0.4, 0.5) is 8.78 Å². The Bertz CT molecular complexity index is 566. The van der Waals surface area contributed by atoms with E-state index in [4.69, 9.17) is 5.73 Å². The maximum Gasteiger partial charge on any atom is 0.159 e. The van der Waals surface area contributed by atoms with Gasteiger partial charge in [0.1, 0.15) is 0 Å². The number of hydrogen-bond acceptors (Lipinski definition) is 1. The minimum Gasteiger partial charge on any atom is -0.330 e. The van der Waals surface area contributed by atoms with Crippen molar-refractivity contribution in [2.75, 3.05) is 6.54 Å². The Labute approximate surface area is 112 Å². The van der Waals surface area contributed by atoms with Gasteiger partial charge in [-0.2, -0.15) is 0 Å². The maximum absolute atomic E-state index is 13.3. The number of benzene rings is 2. The highest BCUT2D eigenvalue weighted by molar-refractivity contribution is 5.30. The summed E-state index contributed by atoms with van der Waals surface area (Å²) >= 11 is 0. The molecule has 1 atom stereocenters. The number of rotatable bonds is 4. The predicted molar refractivity (Wildman–Crippen MR) is 73.0 cm³/mol. The lowest BCUT2D eigenvalue weighted by molar-refractivity contribution is 0.505. The molecule has 100 valence electrons.